The molecule has 1 N–H and O–H groups in total. The minimum atomic E-state index is 0.484. The first-order chi connectivity index (χ1) is 18.7. The molecule has 2 aromatic rings. The Morgan fingerprint density at radius 2 is 1.67 bits per heavy atom. The molecule has 0 amide bonds. The van der Waals surface area contributed by atoms with E-state index in [1.807, 2.05) is 0 Å². The number of hydrogen-bond donors (Lipinski definition) is 1. The second kappa shape index (κ2) is 13.6. The fourth-order valence-electron chi connectivity index (χ4n) is 9.82. The van der Waals surface area contributed by atoms with E-state index in [9.17, 15) is 0 Å². The number of hydrogen-bond acceptors (Lipinski definition) is 1. The van der Waals surface area contributed by atoms with Crippen molar-refractivity contribution in [2.75, 3.05) is 13.2 Å². The first kappa shape index (κ1) is 30.7. The summed E-state index contributed by atoms with van der Waals surface area (Å²) in [7, 11) is 0. The molecule has 2 fully saturated rings. The Bertz CT molecular complexity index is 1010. The number of benzene rings is 1. The van der Waals surface area contributed by atoms with Crippen LogP contribution in [0.4, 0.5) is 0 Å². The van der Waals surface area contributed by atoms with Crippen LogP contribution < -0.4 is 0 Å². The molecular formula is C37H61NO. The third-order valence-corrected chi connectivity index (χ3v) is 11.9. The lowest BCUT2D eigenvalue weighted by Crippen LogP contribution is -2.38. The van der Waals surface area contributed by atoms with Gasteiger partial charge in [0, 0.05) is 23.7 Å². The first-order valence-electron chi connectivity index (χ1n) is 16.8. The van der Waals surface area contributed by atoms with Gasteiger partial charge in [-0.15, -0.1) is 0 Å². The largest absolute Gasteiger partial charge is 0.381 e. The second-order valence-corrected chi connectivity index (χ2v) is 14.8. The van der Waals surface area contributed by atoms with Crippen molar-refractivity contribution >= 4 is 10.9 Å². The van der Waals surface area contributed by atoms with E-state index in [1.54, 1.807) is 0 Å². The molecule has 0 saturated heterocycles. The molecule has 0 aliphatic heterocycles. The quantitative estimate of drug-likeness (QED) is 0.239. The third kappa shape index (κ3) is 6.97. The molecular weight excluding hydrogens is 474 g/mol. The molecule has 2 aliphatic carbocycles. The van der Waals surface area contributed by atoms with Gasteiger partial charge in [0.25, 0.3) is 0 Å². The number of aromatic amines is 1. The van der Waals surface area contributed by atoms with Gasteiger partial charge in [-0.2, -0.15) is 0 Å². The van der Waals surface area contributed by atoms with Gasteiger partial charge in [0.2, 0.25) is 0 Å². The van der Waals surface area contributed by atoms with Crippen molar-refractivity contribution in [3.05, 3.63) is 36.0 Å². The van der Waals surface area contributed by atoms with E-state index in [0.717, 1.165) is 55.1 Å². The SMILES string of the molecule is CCCC1(C)C(C(C)C[C@H](CC)C2CCCCC2(C)C)CCC1[C@H](C)CCOCCc1c[nH]c2ccccc12. The van der Waals surface area contributed by atoms with Gasteiger partial charge in [0.15, 0.2) is 0 Å². The summed E-state index contributed by atoms with van der Waals surface area (Å²) in [6.07, 6.45) is 18.5. The summed E-state index contributed by atoms with van der Waals surface area (Å²) in [5, 5.41) is 1.34. The van der Waals surface area contributed by atoms with Crippen LogP contribution in [0.25, 0.3) is 10.9 Å². The lowest BCUT2D eigenvalue weighted by atomic mass is 9.59. The third-order valence-electron chi connectivity index (χ3n) is 11.9. The molecule has 4 rings (SSSR count). The molecule has 1 aromatic heterocycles. The van der Waals surface area contributed by atoms with Crippen LogP contribution in [0.1, 0.15) is 125 Å². The summed E-state index contributed by atoms with van der Waals surface area (Å²) < 4.78 is 6.23. The molecule has 39 heavy (non-hydrogen) atoms. The highest BCUT2D eigenvalue weighted by Crippen LogP contribution is 2.58. The van der Waals surface area contributed by atoms with Gasteiger partial charge in [0.05, 0.1) is 6.61 Å². The van der Waals surface area contributed by atoms with Crippen molar-refractivity contribution in [3.63, 3.8) is 0 Å². The van der Waals surface area contributed by atoms with Crippen LogP contribution in [0, 0.1) is 46.3 Å². The Morgan fingerprint density at radius 1 is 0.923 bits per heavy atom. The van der Waals surface area contributed by atoms with E-state index >= 15 is 0 Å². The Hall–Kier alpha value is -1.28. The van der Waals surface area contributed by atoms with Gasteiger partial charge in [-0.1, -0.05) is 92.3 Å². The summed E-state index contributed by atoms with van der Waals surface area (Å²) in [4.78, 5) is 3.40. The molecule has 1 aromatic carbocycles. The van der Waals surface area contributed by atoms with E-state index in [2.05, 4.69) is 83.9 Å². The van der Waals surface area contributed by atoms with Gasteiger partial charge >= 0.3 is 0 Å². The summed E-state index contributed by atoms with van der Waals surface area (Å²) >= 11 is 0. The zero-order chi connectivity index (χ0) is 28.0. The van der Waals surface area contributed by atoms with Gasteiger partial charge in [0.1, 0.15) is 0 Å². The first-order valence-corrected chi connectivity index (χ1v) is 16.8. The summed E-state index contributed by atoms with van der Waals surface area (Å²) in [5.74, 6) is 5.14. The van der Waals surface area contributed by atoms with E-state index in [0.29, 0.717) is 10.8 Å². The minimum absolute atomic E-state index is 0.484. The van der Waals surface area contributed by atoms with E-state index in [-0.39, 0.29) is 0 Å². The monoisotopic (exact) mass is 535 g/mol. The Labute approximate surface area is 241 Å². The zero-order valence-electron chi connectivity index (χ0n) is 26.7. The molecule has 7 atom stereocenters. The molecule has 2 nitrogen and oxygen atoms in total. The molecule has 2 aliphatic rings. The normalized spacial score (nSPS) is 29.5. The molecule has 0 bridgehead atoms. The van der Waals surface area contributed by atoms with Crippen molar-refractivity contribution in [2.24, 2.45) is 46.3 Å². The number of ether oxygens (including phenoxy) is 1. The minimum Gasteiger partial charge on any atom is -0.381 e. The highest BCUT2D eigenvalue weighted by atomic mass is 16.5. The number of aromatic nitrogens is 1. The number of fused-ring (bicyclic) bond motifs is 1. The zero-order valence-corrected chi connectivity index (χ0v) is 26.7. The Balaban J connectivity index is 1.30. The predicted molar refractivity (Wildman–Crippen MR) is 169 cm³/mol. The smallest absolute Gasteiger partial charge is 0.0507 e. The van der Waals surface area contributed by atoms with Gasteiger partial charge < -0.3 is 9.72 Å². The van der Waals surface area contributed by atoms with E-state index in [1.165, 1.54) is 87.1 Å². The summed E-state index contributed by atoms with van der Waals surface area (Å²) in [6.45, 7) is 19.6. The average molecular weight is 536 g/mol. The molecule has 5 unspecified atom stereocenters. The number of para-hydroxylation sites is 1. The molecule has 220 valence electrons. The van der Waals surface area contributed by atoms with E-state index in [4.69, 9.17) is 4.74 Å². The maximum atomic E-state index is 6.23. The summed E-state index contributed by atoms with van der Waals surface area (Å²) in [6, 6.07) is 8.60. The second-order valence-electron chi connectivity index (χ2n) is 14.8. The topological polar surface area (TPSA) is 25.0 Å². The number of H-pyrrole nitrogens is 1. The standard InChI is InChI=1S/C37H61NO/c1-8-21-37(7)32(27(3)19-23-39-24-20-30-26-38-35-16-11-10-14-31(30)35)17-18-33(37)28(4)25-29(9-2)34-15-12-13-22-36(34,5)6/h10-11,14,16,26-29,32-34,38H,8-9,12-13,15,17-25H2,1-7H3/t27-,28?,29+,32?,33?,34?,37?/m1/s1. The predicted octanol–water partition coefficient (Wildman–Crippen LogP) is 10.9. The van der Waals surface area contributed by atoms with Crippen LogP contribution in [0.3, 0.4) is 0 Å². The Morgan fingerprint density at radius 3 is 2.38 bits per heavy atom. The van der Waals surface area contributed by atoms with Crippen molar-refractivity contribution in [1.29, 1.82) is 0 Å². The lowest BCUT2D eigenvalue weighted by Gasteiger charge is -2.46. The highest BCUT2D eigenvalue weighted by Gasteiger charge is 2.50. The van der Waals surface area contributed by atoms with Crippen molar-refractivity contribution in [1.82, 2.24) is 4.98 Å². The molecule has 2 saturated carbocycles. The fraction of sp³-hybridized carbons (Fsp3) is 0.784. The molecule has 1 heterocycles. The van der Waals surface area contributed by atoms with Crippen molar-refractivity contribution < 1.29 is 4.74 Å². The number of rotatable bonds is 14. The number of nitrogens with one attached hydrogen (secondary N) is 1. The average Bonchev–Trinajstić information content (AvgIpc) is 3.48. The fourth-order valence-corrected chi connectivity index (χ4v) is 9.82. The van der Waals surface area contributed by atoms with Crippen LogP contribution in [0.2, 0.25) is 0 Å². The van der Waals surface area contributed by atoms with Crippen LogP contribution in [0.15, 0.2) is 30.5 Å². The van der Waals surface area contributed by atoms with Crippen LogP contribution >= 0.6 is 0 Å². The molecule has 0 spiro atoms. The van der Waals surface area contributed by atoms with Gasteiger partial charge in [-0.05, 0) is 109 Å². The maximum Gasteiger partial charge on any atom is 0.0507 e. The Kier molecular flexibility index (Phi) is 10.7. The maximum absolute atomic E-state index is 6.23. The van der Waals surface area contributed by atoms with Crippen LogP contribution in [-0.4, -0.2) is 18.2 Å². The van der Waals surface area contributed by atoms with Gasteiger partial charge in [-0.3, -0.25) is 0 Å². The van der Waals surface area contributed by atoms with Crippen molar-refractivity contribution in [3.8, 4) is 0 Å². The van der Waals surface area contributed by atoms with Crippen LogP contribution in [-0.2, 0) is 11.2 Å². The van der Waals surface area contributed by atoms with E-state index < -0.39 is 0 Å². The molecule has 2 heteroatoms. The highest BCUT2D eigenvalue weighted by molar-refractivity contribution is 5.83. The lowest BCUT2D eigenvalue weighted by molar-refractivity contribution is 0.0277. The van der Waals surface area contributed by atoms with Gasteiger partial charge in [-0.25, -0.2) is 0 Å². The summed E-state index contributed by atoms with van der Waals surface area (Å²) in [5.41, 5.74) is 3.63. The van der Waals surface area contributed by atoms with Crippen molar-refractivity contribution in [2.45, 2.75) is 126 Å². The molecule has 0 radical (unpaired) electrons. The van der Waals surface area contributed by atoms with Crippen LogP contribution in [0.5, 0.6) is 0 Å².